The van der Waals surface area contributed by atoms with Crippen LogP contribution in [0.15, 0.2) is 36.9 Å². The topological polar surface area (TPSA) is 37.4 Å². The van der Waals surface area contributed by atoms with Gasteiger partial charge in [0.25, 0.3) is 0 Å². The molecule has 4 heteroatoms. The molecule has 1 aliphatic rings. The maximum atomic E-state index is 12.0. The molecule has 1 aliphatic heterocycles. The summed E-state index contributed by atoms with van der Waals surface area (Å²) >= 11 is 0. The molecule has 0 N–H and O–H groups in total. The van der Waals surface area contributed by atoms with E-state index >= 15 is 0 Å². The largest absolute Gasteiger partial charge is 0.270 e. The van der Waals surface area contributed by atoms with Gasteiger partial charge in [0.2, 0.25) is 10.0 Å². The molecule has 110 valence electrons. The van der Waals surface area contributed by atoms with Crippen LogP contribution in [0.3, 0.4) is 0 Å². The molecule has 3 rings (SSSR count). The van der Waals surface area contributed by atoms with Crippen molar-refractivity contribution in [1.29, 1.82) is 0 Å². The number of aryl methyl sites for hydroxylation is 1. The SMILES string of the molecule is C=CCc1c2c(cc3cc(C)ccc13)CCN2S(C)(=O)=O. The molecule has 2 aromatic carbocycles. The first-order valence-corrected chi connectivity index (χ1v) is 8.90. The molecule has 0 aliphatic carbocycles. The second-order valence-electron chi connectivity index (χ2n) is 5.67. The van der Waals surface area contributed by atoms with E-state index in [0.29, 0.717) is 13.0 Å². The lowest BCUT2D eigenvalue weighted by molar-refractivity contribution is 0.598. The summed E-state index contributed by atoms with van der Waals surface area (Å²) in [4.78, 5) is 0. The zero-order chi connectivity index (χ0) is 15.2. The highest BCUT2D eigenvalue weighted by molar-refractivity contribution is 7.92. The summed E-state index contributed by atoms with van der Waals surface area (Å²) in [7, 11) is -3.23. The summed E-state index contributed by atoms with van der Waals surface area (Å²) < 4.78 is 25.6. The molecule has 0 aromatic heterocycles. The Balaban J connectivity index is 2.36. The highest BCUT2D eigenvalue weighted by Crippen LogP contribution is 2.39. The normalized spacial score (nSPS) is 14.5. The Kier molecular flexibility index (Phi) is 3.29. The summed E-state index contributed by atoms with van der Waals surface area (Å²) in [6.45, 7) is 6.43. The Morgan fingerprint density at radius 1 is 1.33 bits per heavy atom. The molecule has 1 heterocycles. The Morgan fingerprint density at radius 2 is 2.10 bits per heavy atom. The molecule has 0 spiro atoms. The molecule has 0 fully saturated rings. The van der Waals surface area contributed by atoms with E-state index in [4.69, 9.17) is 0 Å². The summed E-state index contributed by atoms with van der Waals surface area (Å²) in [5.74, 6) is 0. The summed E-state index contributed by atoms with van der Waals surface area (Å²) in [5.41, 5.74) is 4.27. The van der Waals surface area contributed by atoms with Gasteiger partial charge in [0.15, 0.2) is 0 Å². The molecule has 0 radical (unpaired) electrons. The van der Waals surface area contributed by atoms with Crippen LogP contribution in [-0.4, -0.2) is 21.2 Å². The fraction of sp³-hybridized carbons (Fsp3) is 0.294. The lowest BCUT2D eigenvalue weighted by atomic mass is 9.95. The van der Waals surface area contributed by atoms with Crippen LogP contribution in [0.4, 0.5) is 5.69 Å². The van der Waals surface area contributed by atoms with E-state index < -0.39 is 10.0 Å². The summed E-state index contributed by atoms with van der Waals surface area (Å²) in [6, 6.07) is 8.45. The molecule has 0 bridgehead atoms. The van der Waals surface area contributed by atoms with Gasteiger partial charge in [-0.05, 0) is 47.7 Å². The summed E-state index contributed by atoms with van der Waals surface area (Å²) in [6.07, 6.45) is 4.57. The number of hydrogen-bond acceptors (Lipinski definition) is 2. The maximum absolute atomic E-state index is 12.0. The van der Waals surface area contributed by atoms with Crippen molar-refractivity contribution in [2.45, 2.75) is 19.8 Å². The van der Waals surface area contributed by atoms with E-state index in [2.05, 4.69) is 37.8 Å². The zero-order valence-electron chi connectivity index (χ0n) is 12.4. The van der Waals surface area contributed by atoms with Crippen LogP contribution in [0, 0.1) is 6.92 Å². The number of benzene rings is 2. The number of sulfonamides is 1. The van der Waals surface area contributed by atoms with Crippen LogP contribution in [0.25, 0.3) is 10.8 Å². The quantitative estimate of drug-likeness (QED) is 0.816. The van der Waals surface area contributed by atoms with Gasteiger partial charge in [-0.25, -0.2) is 8.42 Å². The van der Waals surface area contributed by atoms with Crippen molar-refractivity contribution in [3.8, 4) is 0 Å². The van der Waals surface area contributed by atoms with E-state index in [9.17, 15) is 8.42 Å². The number of nitrogens with zero attached hydrogens (tertiary/aromatic N) is 1. The standard InChI is InChI=1S/C17H19NO2S/c1-4-5-16-15-7-6-12(2)10-14(15)11-13-8-9-18(17(13)16)21(3,19)20/h4,6-7,10-11H,1,5,8-9H2,2-3H3. The molecule has 0 saturated heterocycles. The van der Waals surface area contributed by atoms with Crippen LogP contribution in [0.1, 0.15) is 16.7 Å². The third kappa shape index (κ3) is 2.33. The van der Waals surface area contributed by atoms with Gasteiger partial charge in [-0.15, -0.1) is 6.58 Å². The predicted octanol–water partition coefficient (Wildman–Crippen LogP) is 3.20. The average molecular weight is 301 g/mol. The van der Waals surface area contributed by atoms with Gasteiger partial charge in [-0.1, -0.05) is 29.8 Å². The van der Waals surface area contributed by atoms with Crippen molar-refractivity contribution in [3.63, 3.8) is 0 Å². The minimum atomic E-state index is -3.23. The Morgan fingerprint density at radius 3 is 2.76 bits per heavy atom. The van der Waals surface area contributed by atoms with Crippen LogP contribution in [0.2, 0.25) is 0 Å². The van der Waals surface area contributed by atoms with Gasteiger partial charge in [0.05, 0.1) is 11.9 Å². The molecule has 0 atom stereocenters. The Hall–Kier alpha value is -1.81. The molecule has 0 saturated carbocycles. The van der Waals surface area contributed by atoms with Crippen LogP contribution < -0.4 is 4.31 Å². The van der Waals surface area contributed by atoms with E-state index in [-0.39, 0.29) is 0 Å². The first kappa shape index (κ1) is 14.1. The predicted molar refractivity (Wildman–Crippen MR) is 88.5 cm³/mol. The van der Waals surface area contributed by atoms with Crippen molar-refractivity contribution in [1.82, 2.24) is 0 Å². The first-order chi connectivity index (χ1) is 9.91. The minimum Gasteiger partial charge on any atom is -0.270 e. The molecule has 2 aromatic rings. The van der Waals surface area contributed by atoms with E-state index in [0.717, 1.165) is 28.6 Å². The van der Waals surface area contributed by atoms with Crippen molar-refractivity contribution in [3.05, 3.63) is 53.6 Å². The minimum absolute atomic E-state index is 0.535. The number of rotatable bonds is 3. The maximum Gasteiger partial charge on any atom is 0.232 e. The fourth-order valence-corrected chi connectivity index (χ4v) is 4.15. The van der Waals surface area contributed by atoms with E-state index in [1.807, 2.05) is 6.08 Å². The average Bonchev–Trinajstić information content (AvgIpc) is 2.81. The van der Waals surface area contributed by atoms with Crippen LogP contribution in [-0.2, 0) is 22.9 Å². The molecular formula is C17H19NO2S. The molecule has 21 heavy (non-hydrogen) atoms. The van der Waals surface area contributed by atoms with Gasteiger partial charge >= 0.3 is 0 Å². The second-order valence-corrected chi connectivity index (χ2v) is 7.57. The van der Waals surface area contributed by atoms with Crippen molar-refractivity contribution >= 4 is 26.5 Å². The van der Waals surface area contributed by atoms with Crippen molar-refractivity contribution < 1.29 is 8.42 Å². The van der Waals surface area contributed by atoms with Crippen molar-refractivity contribution in [2.24, 2.45) is 0 Å². The number of anilines is 1. The number of hydrogen-bond donors (Lipinski definition) is 0. The van der Waals surface area contributed by atoms with Gasteiger partial charge in [0.1, 0.15) is 0 Å². The lowest BCUT2D eigenvalue weighted by Gasteiger charge is -2.21. The first-order valence-electron chi connectivity index (χ1n) is 7.05. The van der Waals surface area contributed by atoms with Crippen LogP contribution in [0.5, 0.6) is 0 Å². The highest BCUT2D eigenvalue weighted by Gasteiger charge is 2.29. The molecular weight excluding hydrogens is 282 g/mol. The Labute approximate surface area is 125 Å². The molecule has 0 unspecified atom stereocenters. The monoisotopic (exact) mass is 301 g/mol. The Bertz CT molecular complexity index is 837. The molecule has 3 nitrogen and oxygen atoms in total. The summed E-state index contributed by atoms with van der Waals surface area (Å²) in [5, 5.41) is 2.30. The number of fused-ring (bicyclic) bond motifs is 2. The third-order valence-electron chi connectivity index (χ3n) is 4.03. The smallest absolute Gasteiger partial charge is 0.232 e. The van der Waals surface area contributed by atoms with Gasteiger partial charge < -0.3 is 0 Å². The fourth-order valence-electron chi connectivity index (χ4n) is 3.17. The highest BCUT2D eigenvalue weighted by atomic mass is 32.2. The zero-order valence-corrected chi connectivity index (χ0v) is 13.2. The van der Waals surface area contributed by atoms with Gasteiger partial charge in [0, 0.05) is 6.54 Å². The van der Waals surface area contributed by atoms with Crippen LogP contribution >= 0.6 is 0 Å². The third-order valence-corrected chi connectivity index (χ3v) is 5.20. The van der Waals surface area contributed by atoms with Gasteiger partial charge in [-0.2, -0.15) is 0 Å². The molecule has 0 amide bonds. The van der Waals surface area contributed by atoms with Crippen molar-refractivity contribution in [2.75, 3.05) is 17.1 Å². The number of allylic oxidation sites excluding steroid dienone is 1. The lowest BCUT2D eigenvalue weighted by Crippen LogP contribution is -2.28. The van der Waals surface area contributed by atoms with E-state index in [1.165, 1.54) is 17.2 Å². The van der Waals surface area contributed by atoms with Gasteiger partial charge in [-0.3, -0.25) is 4.31 Å². The van der Waals surface area contributed by atoms with E-state index in [1.54, 1.807) is 4.31 Å². The second kappa shape index (κ2) is 4.88.